The number of carbonyl (C=O) groups is 1. The minimum Gasteiger partial charge on any atom is -0.366 e. The molecule has 0 unspecified atom stereocenters. The first-order valence-electron chi connectivity index (χ1n) is 9.11. The van der Waals surface area contributed by atoms with Crippen molar-refractivity contribution in [1.82, 2.24) is 19.7 Å². The smallest absolute Gasteiger partial charge is 0.251 e. The third-order valence-corrected chi connectivity index (χ3v) is 4.77. The summed E-state index contributed by atoms with van der Waals surface area (Å²) in [4.78, 5) is 20.3. The minimum absolute atomic E-state index is 0.0816. The summed E-state index contributed by atoms with van der Waals surface area (Å²) in [7, 11) is 0. The number of nitrogens with two attached hydrogens (primary N) is 1. The molecular weight excluding hydrogens is 373 g/mol. The van der Waals surface area contributed by atoms with Gasteiger partial charge in [0.05, 0.1) is 41.7 Å². The lowest BCUT2D eigenvalue weighted by Gasteiger charge is -2.13. The Kier molecular flexibility index (Phi) is 4.68. The van der Waals surface area contributed by atoms with E-state index in [4.69, 9.17) is 11.0 Å². The molecule has 3 N–H and O–H groups in total. The number of hydrogen-bond acceptors (Lipinski definition) is 6. The molecule has 0 bridgehead atoms. The van der Waals surface area contributed by atoms with E-state index < -0.39 is 11.7 Å². The zero-order chi connectivity index (χ0) is 20.5. The van der Waals surface area contributed by atoms with Crippen molar-refractivity contribution < 1.29 is 9.18 Å². The summed E-state index contributed by atoms with van der Waals surface area (Å²) in [6.45, 7) is 1.79. The molecule has 3 aromatic rings. The van der Waals surface area contributed by atoms with E-state index in [1.54, 1.807) is 25.4 Å². The van der Waals surface area contributed by atoms with Gasteiger partial charge in [-0.25, -0.2) is 14.4 Å². The van der Waals surface area contributed by atoms with E-state index in [-0.39, 0.29) is 17.5 Å². The Morgan fingerprint density at radius 3 is 2.90 bits per heavy atom. The molecule has 9 heteroatoms. The highest BCUT2D eigenvalue weighted by atomic mass is 19.1. The van der Waals surface area contributed by atoms with E-state index in [9.17, 15) is 9.18 Å². The molecule has 146 valence electrons. The summed E-state index contributed by atoms with van der Waals surface area (Å²) in [5.74, 6) is -1.36. The number of nitrogens with one attached hydrogen (secondary N) is 1. The molecule has 8 nitrogen and oxygen atoms in total. The van der Waals surface area contributed by atoms with Crippen LogP contribution in [0.3, 0.4) is 0 Å². The Bertz CT molecular complexity index is 1140. The highest BCUT2D eigenvalue weighted by Crippen LogP contribution is 2.35. The molecule has 0 aliphatic heterocycles. The number of hydrogen-bond donors (Lipinski definition) is 2. The number of primary amides is 1. The molecule has 0 radical (unpaired) electrons. The fourth-order valence-corrected chi connectivity index (χ4v) is 3.13. The molecule has 1 aliphatic carbocycles. The van der Waals surface area contributed by atoms with Crippen LogP contribution in [0.2, 0.25) is 0 Å². The van der Waals surface area contributed by atoms with Gasteiger partial charge in [0, 0.05) is 23.5 Å². The number of aryl methyl sites for hydroxylation is 1. The van der Waals surface area contributed by atoms with E-state index in [1.165, 1.54) is 6.07 Å². The van der Waals surface area contributed by atoms with Crippen molar-refractivity contribution in [3.63, 3.8) is 0 Å². The van der Waals surface area contributed by atoms with Crippen LogP contribution in [0.4, 0.5) is 16.0 Å². The molecule has 0 atom stereocenters. The molecule has 1 amide bonds. The van der Waals surface area contributed by atoms with Crippen molar-refractivity contribution in [2.24, 2.45) is 5.73 Å². The second kappa shape index (κ2) is 7.31. The van der Waals surface area contributed by atoms with E-state index in [0.717, 1.165) is 18.5 Å². The lowest BCUT2D eigenvalue weighted by atomic mass is 9.96. The fourth-order valence-electron chi connectivity index (χ4n) is 3.13. The van der Waals surface area contributed by atoms with Crippen LogP contribution in [0.25, 0.3) is 11.3 Å². The Labute approximate surface area is 166 Å². The minimum atomic E-state index is -0.886. The van der Waals surface area contributed by atoms with Crippen LogP contribution in [0.5, 0.6) is 0 Å². The molecule has 29 heavy (non-hydrogen) atoms. The third-order valence-electron chi connectivity index (χ3n) is 4.77. The Morgan fingerprint density at radius 1 is 1.41 bits per heavy atom. The van der Waals surface area contributed by atoms with Crippen LogP contribution in [-0.4, -0.2) is 25.7 Å². The zero-order valence-electron chi connectivity index (χ0n) is 15.7. The van der Waals surface area contributed by atoms with Gasteiger partial charge in [0.1, 0.15) is 5.82 Å². The van der Waals surface area contributed by atoms with Crippen LogP contribution in [0.15, 0.2) is 30.7 Å². The molecule has 0 spiro atoms. The van der Waals surface area contributed by atoms with Gasteiger partial charge >= 0.3 is 0 Å². The average Bonchev–Trinajstić information content (AvgIpc) is 3.44. The summed E-state index contributed by atoms with van der Waals surface area (Å²) in [5, 5.41) is 16.5. The Hall–Kier alpha value is -3.80. The van der Waals surface area contributed by atoms with Crippen molar-refractivity contribution in [2.75, 3.05) is 5.32 Å². The molecule has 1 aliphatic rings. The lowest BCUT2D eigenvalue weighted by molar-refractivity contribution is 0.0996. The van der Waals surface area contributed by atoms with Crippen LogP contribution in [0.1, 0.15) is 40.4 Å². The topological polar surface area (TPSA) is 123 Å². The van der Waals surface area contributed by atoms with Crippen LogP contribution >= 0.6 is 0 Å². The summed E-state index contributed by atoms with van der Waals surface area (Å²) in [5.41, 5.74) is 7.40. The first kappa shape index (κ1) is 18.6. The predicted octanol–water partition coefficient (Wildman–Crippen LogP) is 3.03. The predicted molar refractivity (Wildman–Crippen MR) is 104 cm³/mol. The third kappa shape index (κ3) is 3.65. The van der Waals surface area contributed by atoms with E-state index in [1.807, 2.05) is 16.9 Å². The van der Waals surface area contributed by atoms with Gasteiger partial charge < -0.3 is 11.1 Å². The highest BCUT2D eigenvalue weighted by molar-refractivity contribution is 5.94. The Morgan fingerprint density at radius 2 is 2.21 bits per heavy atom. The van der Waals surface area contributed by atoms with Crippen LogP contribution in [-0.2, 0) is 6.42 Å². The van der Waals surface area contributed by atoms with Crippen molar-refractivity contribution in [1.29, 1.82) is 5.26 Å². The first-order chi connectivity index (χ1) is 14.0. The van der Waals surface area contributed by atoms with E-state index in [2.05, 4.69) is 20.4 Å². The number of amides is 1. The molecular formula is C20H18FN7O. The molecule has 0 saturated heterocycles. The molecule has 1 aromatic carbocycles. The Balaban J connectivity index is 1.72. The van der Waals surface area contributed by atoms with Gasteiger partial charge in [0.15, 0.2) is 0 Å². The molecule has 4 rings (SSSR count). The molecule has 2 heterocycles. The number of nitrogens with zero attached hydrogens (tertiary/aromatic N) is 5. The number of rotatable bonds is 6. The second-order valence-electron chi connectivity index (χ2n) is 6.94. The summed E-state index contributed by atoms with van der Waals surface area (Å²) < 4.78 is 16.7. The largest absolute Gasteiger partial charge is 0.366 e. The molecule has 1 fully saturated rings. The quantitative estimate of drug-likeness (QED) is 0.666. The van der Waals surface area contributed by atoms with Gasteiger partial charge in [-0.1, -0.05) is 6.07 Å². The maximum atomic E-state index is 14.8. The monoisotopic (exact) mass is 391 g/mol. The van der Waals surface area contributed by atoms with Gasteiger partial charge in [-0.15, -0.1) is 0 Å². The fraction of sp³-hybridized carbons (Fsp3) is 0.250. The maximum Gasteiger partial charge on any atom is 0.251 e. The van der Waals surface area contributed by atoms with Crippen molar-refractivity contribution in [2.45, 2.75) is 32.2 Å². The number of anilines is 2. The van der Waals surface area contributed by atoms with Crippen molar-refractivity contribution in [3.8, 4) is 17.3 Å². The van der Waals surface area contributed by atoms with Crippen molar-refractivity contribution in [3.05, 3.63) is 53.2 Å². The van der Waals surface area contributed by atoms with Crippen LogP contribution < -0.4 is 11.1 Å². The summed E-state index contributed by atoms with van der Waals surface area (Å²) >= 11 is 0. The standard InChI is InChI=1S/C20H18FN7O/c1-11-8-24-20(26-12-9-25-28(10-12)13-2-3-13)27-18(11)15-4-5-16(19(23)29)17(21)14(15)6-7-22/h4-5,8-10,13H,2-3,6H2,1H3,(H2,23,29)(H,24,26,27). The lowest BCUT2D eigenvalue weighted by Crippen LogP contribution is -2.15. The number of halogens is 1. The summed E-state index contributed by atoms with van der Waals surface area (Å²) in [6.07, 6.45) is 7.24. The SMILES string of the molecule is Cc1cnc(Nc2cnn(C3CC3)c2)nc1-c1ccc(C(N)=O)c(F)c1CC#N. The zero-order valence-corrected chi connectivity index (χ0v) is 15.7. The number of carbonyl (C=O) groups excluding carboxylic acids is 1. The van der Waals surface area contributed by atoms with Gasteiger partial charge in [-0.3, -0.25) is 9.48 Å². The maximum absolute atomic E-state index is 14.8. The van der Waals surface area contributed by atoms with Gasteiger partial charge in [0.25, 0.3) is 5.91 Å². The second-order valence-corrected chi connectivity index (χ2v) is 6.94. The van der Waals surface area contributed by atoms with Crippen LogP contribution in [0, 0.1) is 24.1 Å². The molecule has 2 aromatic heterocycles. The number of aromatic nitrogens is 4. The van der Waals surface area contributed by atoms with Gasteiger partial charge in [-0.2, -0.15) is 10.4 Å². The molecule has 1 saturated carbocycles. The highest BCUT2D eigenvalue weighted by Gasteiger charge is 2.24. The van der Waals surface area contributed by atoms with Gasteiger partial charge in [0.2, 0.25) is 5.95 Å². The summed E-state index contributed by atoms with van der Waals surface area (Å²) in [6, 6.07) is 5.25. The average molecular weight is 391 g/mol. The van der Waals surface area contributed by atoms with Crippen molar-refractivity contribution >= 4 is 17.5 Å². The number of nitriles is 1. The normalized spacial score (nSPS) is 13.1. The van der Waals surface area contributed by atoms with Gasteiger partial charge in [-0.05, 0) is 31.4 Å². The van der Waals surface area contributed by atoms with E-state index >= 15 is 0 Å². The van der Waals surface area contributed by atoms with E-state index in [0.29, 0.717) is 28.8 Å². The first-order valence-corrected chi connectivity index (χ1v) is 9.11. The number of benzene rings is 1.